The molecule has 0 saturated carbocycles. The summed E-state index contributed by atoms with van der Waals surface area (Å²) in [5, 5.41) is 10.4. The number of methoxy groups -OCH3 is 3. The quantitative estimate of drug-likeness (QED) is 0.347. The van der Waals surface area contributed by atoms with Crippen molar-refractivity contribution in [3.8, 4) is 29.1 Å². The van der Waals surface area contributed by atoms with E-state index in [-0.39, 0.29) is 63.7 Å². The molecular formula is C33H35N3O9. The standard InChI is InChI=1S/C33H35N3O9/c1-9-43-30(38)25-17(3)44-28(35)22(15-34)33(25)21-13-19(12-20-16(2)14-32(4,5)36(26(20)21)31(33)39)45-29(37)18-10-23(40-6)27(42-8)24(11-18)41-7/h10-13,16H,9,14,35H2,1-8H3. The van der Waals surface area contributed by atoms with Crippen LogP contribution in [0.25, 0.3) is 0 Å². The van der Waals surface area contributed by atoms with Gasteiger partial charge in [0.15, 0.2) is 16.9 Å². The van der Waals surface area contributed by atoms with Crippen LogP contribution in [0.2, 0.25) is 0 Å². The number of allylic oxidation sites excluding steroid dienone is 1. The minimum Gasteiger partial charge on any atom is -0.493 e. The van der Waals surface area contributed by atoms with E-state index in [1.54, 1.807) is 17.9 Å². The number of rotatable bonds is 7. The first kappa shape index (κ1) is 31.3. The summed E-state index contributed by atoms with van der Waals surface area (Å²) in [6.45, 7) is 8.98. The summed E-state index contributed by atoms with van der Waals surface area (Å²) >= 11 is 0. The Morgan fingerprint density at radius 1 is 1.09 bits per heavy atom. The van der Waals surface area contributed by atoms with Crippen molar-refractivity contribution in [1.82, 2.24) is 0 Å². The lowest BCUT2D eigenvalue weighted by atomic mass is 9.67. The van der Waals surface area contributed by atoms with E-state index < -0.39 is 28.8 Å². The van der Waals surface area contributed by atoms with Gasteiger partial charge in [0.25, 0.3) is 0 Å². The molecule has 0 aliphatic carbocycles. The number of anilines is 1. The van der Waals surface area contributed by atoms with Gasteiger partial charge in [0.05, 0.1) is 39.2 Å². The average Bonchev–Trinajstić information content (AvgIpc) is 3.23. The first-order valence-electron chi connectivity index (χ1n) is 14.3. The number of carbonyl (C=O) groups excluding carboxylic acids is 3. The van der Waals surface area contributed by atoms with Crippen LogP contribution >= 0.6 is 0 Å². The van der Waals surface area contributed by atoms with Crippen molar-refractivity contribution in [3.05, 3.63) is 63.7 Å². The Balaban J connectivity index is 1.77. The lowest BCUT2D eigenvalue weighted by Gasteiger charge is -2.44. The Hall–Kier alpha value is -5.18. The third-order valence-corrected chi connectivity index (χ3v) is 8.52. The fourth-order valence-electron chi connectivity index (χ4n) is 6.84. The van der Waals surface area contributed by atoms with Crippen LogP contribution in [0.15, 0.2) is 47.1 Å². The van der Waals surface area contributed by atoms with Gasteiger partial charge in [-0.2, -0.15) is 5.26 Å². The highest BCUT2D eigenvalue weighted by molar-refractivity contribution is 6.20. The fourth-order valence-corrected chi connectivity index (χ4v) is 6.84. The first-order chi connectivity index (χ1) is 21.3. The van der Waals surface area contributed by atoms with E-state index in [0.717, 1.165) is 0 Å². The number of carbonyl (C=O) groups is 3. The van der Waals surface area contributed by atoms with Crippen LogP contribution in [-0.2, 0) is 24.5 Å². The number of fused-ring (bicyclic) bond motifs is 1. The molecule has 5 rings (SSSR count). The summed E-state index contributed by atoms with van der Waals surface area (Å²) in [7, 11) is 4.31. The number of benzene rings is 2. The Bertz CT molecular complexity index is 1720. The third kappa shape index (κ3) is 4.44. The zero-order chi connectivity index (χ0) is 33.0. The van der Waals surface area contributed by atoms with Crippen LogP contribution in [0.1, 0.15) is 68.4 Å². The minimum absolute atomic E-state index is 0.0117. The van der Waals surface area contributed by atoms with Gasteiger partial charge in [-0.1, -0.05) is 6.92 Å². The lowest BCUT2D eigenvalue weighted by Crippen LogP contribution is -2.55. The molecule has 2 unspecified atom stereocenters. The van der Waals surface area contributed by atoms with E-state index >= 15 is 0 Å². The molecule has 3 heterocycles. The van der Waals surface area contributed by atoms with Crippen LogP contribution in [0.3, 0.4) is 0 Å². The third-order valence-electron chi connectivity index (χ3n) is 8.52. The maximum Gasteiger partial charge on any atom is 0.343 e. The normalized spacial score (nSPS) is 21.2. The Morgan fingerprint density at radius 3 is 2.29 bits per heavy atom. The molecule has 0 fully saturated rings. The summed E-state index contributed by atoms with van der Waals surface area (Å²) in [5.74, 6) is -1.61. The van der Waals surface area contributed by atoms with E-state index in [1.807, 2.05) is 26.8 Å². The van der Waals surface area contributed by atoms with E-state index in [1.165, 1.54) is 46.5 Å². The van der Waals surface area contributed by atoms with E-state index in [9.17, 15) is 19.6 Å². The Labute approximate surface area is 260 Å². The molecule has 236 valence electrons. The number of nitrogens with two attached hydrogens (primary N) is 1. The molecule has 0 aromatic heterocycles. The van der Waals surface area contributed by atoms with E-state index in [0.29, 0.717) is 23.4 Å². The summed E-state index contributed by atoms with van der Waals surface area (Å²) in [6.07, 6.45) is 0.542. The Morgan fingerprint density at radius 2 is 1.73 bits per heavy atom. The summed E-state index contributed by atoms with van der Waals surface area (Å²) in [5.41, 5.74) is 4.72. The van der Waals surface area contributed by atoms with Crippen molar-refractivity contribution < 1.29 is 42.8 Å². The van der Waals surface area contributed by atoms with Crippen molar-refractivity contribution in [2.45, 2.75) is 57.9 Å². The van der Waals surface area contributed by atoms with Gasteiger partial charge in [-0.15, -0.1) is 0 Å². The summed E-state index contributed by atoms with van der Waals surface area (Å²) < 4.78 is 33.1. The molecule has 2 atom stereocenters. The monoisotopic (exact) mass is 617 g/mol. The van der Waals surface area contributed by atoms with Gasteiger partial charge in [-0.25, -0.2) is 9.59 Å². The first-order valence-corrected chi connectivity index (χ1v) is 14.3. The van der Waals surface area contributed by atoms with Crippen molar-refractivity contribution in [2.75, 3.05) is 32.8 Å². The number of esters is 2. The minimum atomic E-state index is -2.01. The zero-order valence-electron chi connectivity index (χ0n) is 26.4. The molecule has 2 aromatic rings. The van der Waals surface area contributed by atoms with Crippen LogP contribution in [0.4, 0.5) is 5.69 Å². The molecule has 3 aliphatic heterocycles. The van der Waals surface area contributed by atoms with Crippen molar-refractivity contribution in [2.24, 2.45) is 5.73 Å². The molecule has 0 bridgehead atoms. The molecule has 45 heavy (non-hydrogen) atoms. The number of amides is 1. The molecule has 3 aliphatic rings. The number of hydrogen-bond acceptors (Lipinski definition) is 11. The predicted molar refractivity (Wildman–Crippen MR) is 161 cm³/mol. The number of ether oxygens (including phenoxy) is 6. The largest absolute Gasteiger partial charge is 0.493 e. The topological polar surface area (TPSA) is 160 Å². The number of nitrogens with zero attached hydrogens (tertiary/aromatic N) is 2. The molecular weight excluding hydrogens is 582 g/mol. The van der Waals surface area contributed by atoms with Crippen LogP contribution in [0, 0.1) is 11.3 Å². The van der Waals surface area contributed by atoms with Crippen LogP contribution in [-0.4, -0.2) is 51.3 Å². The lowest BCUT2D eigenvalue weighted by molar-refractivity contribution is -0.141. The van der Waals surface area contributed by atoms with E-state index in [2.05, 4.69) is 0 Å². The van der Waals surface area contributed by atoms with Gasteiger partial charge >= 0.3 is 11.9 Å². The highest BCUT2D eigenvalue weighted by Gasteiger charge is 2.65. The molecule has 1 spiro atoms. The highest BCUT2D eigenvalue weighted by Crippen LogP contribution is 2.61. The van der Waals surface area contributed by atoms with Gasteiger partial charge < -0.3 is 39.1 Å². The van der Waals surface area contributed by atoms with E-state index in [4.69, 9.17) is 34.2 Å². The summed E-state index contributed by atoms with van der Waals surface area (Å²) in [6, 6.07) is 8.16. The SMILES string of the molecule is CCOC(=O)C1=C(C)OC(N)=C(C#N)C12C(=O)N1c3c(cc(OC(=O)c4cc(OC)c(OC)c(OC)c4)cc32)C(C)CC1(C)C. The van der Waals surface area contributed by atoms with Gasteiger partial charge in [-0.05, 0) is 69.9 Å². The molecule has 2 aromatic carbocycles. The van der Waals surface area contributed by atoms with Gasteiger partial charge in [0.2, 0.25) is 17.5 Å². The van der Waals surface area contributed by atoms with Crippen molar-refractivity contribution in [1.29, 1.82) is 5.26 Å². The molecule has 12 heteroatoms. The average molecular weight is 618 g/mol. The second kappa shape index (κ2) is 11.1. The highest BCUT2D eigenvalue weighted by atomic mass is 16.5. The van der Waals surface area contributed by atoms with Gasteiger partial charge in [0, 0.05) is 11.1 Å². The van der Waals surface area contributed by atoms with Crippen molar-refractivity contribution >= 4 is 23.5 Å². The van der Waals surface area contributed by atoms with Gasteiger partial charge in [-0.3, -0.25) is 4.79 Å². The van der Waals surface area contributed by atoms with Crippen LogP contribution < -0.4 is 29.6 Å². The molecule has 1 amide bonds. The molecule has 0 radical (unpaired) electrons. The number of nitriles is 1. The summed E-state index contributed by atoms with van der Waals surface area (Å²) in [4.78, 5) is 43.7. The van der Waals surface area contributed by atoms with Crippen LogP contribution in [0.5, 0.6) is 23.0 Å². The van der Waals surface area contributed by atoms with Gasteiger partial charge in [0.1, 0.15) is 28.7 Å². The van der Waals surface area contributed by atoms with Crippen molar-refractivity contribution in [3.63, 3.8) is 0 Å². The maximum absolute atomic E-state index is 14.9. The smallest absolute Gasteiger partial charge is 0.343 e. The second-order valence-electron chi connectivity index (χ2n) is 11.6. The molecule has 2 N–H and O–H groups in total. The second-order valence-corrected chi connectivity index (χ2v) is 11.6. The fraction of sp³-hybridized carbons (Fsp3) is 0.394. The maximum atomic E-state index is 14.9. The number of hydrogen-bond donors (Lipinski definition) is 1. The Kier molecular flexibility index (Phi) is 7.69. The molecule has 12 nitrogen and oxygen atoms in total. The molecule has 0 saturated heterocycles. The zero-order valence-corrected chi connectivity index (χ0v) is 26.4. The predicted octanol–water partition coefficient (Wildman–Crippen LogP) is 4.36.